The quantitative estimate of drug-likeness (QED) is 0.751. The highest BCUT2D eigenvalue weighted by Gasteiger charge is 2.28. The fraction of sp³-hybridized carbons (Fsp3) is 0.250. The van der Waals surface area contributed by atoms with Crippen molar-refractivity contribution < 1.29 is 9.13 Å². The summed E-state index contributed by atoms with van der Waals surface area (Å²) in [5.74, 6) is 0.208. The molecule has 0 radical (unpaired) electrons. The van der Waals surface area contributed by atoms with E-state index >= 15 is 0 Å². The number of alkyl halides is 1. The summed E-state index contributed by atoms with van der Waals surface area (Å²) in [6, 6.07) is 14.9. The summed E-state index contributed by atoms with van der Waals surface area (Å²) in [7, 11) is 0. The van der Waals surface area contributed by atoms with Crippen molar-refractivity contribution in [3.63, 3.8) is 0 Å². The molecule has 1 aliphatic rings. The van der Waals surface area contributed by atoms with Gasteiger partial charge in [0.05, 0.1) is 6.10 Å². The summed E-state index contributed by atoms with van der Waals surface area (Å²) in [5, 5.41) is 0. The van der Waals surface area contributed by atoms with E-state index in [-0.39, 0.29) is 18.0 Å². The van der Waals surface area contributed by atoms with Gasteiger partial charge < -0.3 is 4.74 Å². The van der Waals surface area contributed by atoms with E-state index in [1.165, 1.54) is 6.07 Å². The van der Waals surface area contributed by atoms with Gasteiger partial charge in [-0.3, -0.25) is 0 Å². The Labute approximate surface area is 117 Å². The van der Waals surface area contributed by atoms with E-state index in [2.05, 4.69) is 0 Å². The van der Waals surface area contributed by atoms with Crippen LogP contribution in [0.15, 0.2) is 48.5 Å². The average Bonchev–Trinajstić information content (AvgIpc) is 2.46. The molecular formula is C16H14ClFO. The van der Waals surface area contributed by atoms with E-state index in [0.717, 1.165) is 16.7 Å². The Morgan fingerprint density at radius 1 is 1.16 bits per heavy atom. The van der Waals surface area contributed by atoms with Crippen molar-refractivity contribution in [2.24, 2.45) is 0 Å². The molecule has 2 atom stereocenters. The number of ether oxygens (including phenoxy) is 1. The Morgan fingerprint density at radius 3 is 2.68 bits per heavy atom. The number of hydrogen-bond donors (Lipinski definition) is 0. The molecule has 2 aromatic carbocycles. The molecule has 1 nitrogen and oxygen atoms in total. The number of rotatable bonds is 2. The molecule has 0 amide bonds. The van der Waals surface area contributed by atoms with Crippen molar-refractivity contribution in [3.8, 4) is 0 Å². The van der Waals surface area contributed by atoms with Gasteiger partial charge in [0.15, 0.2) is 0 Å². The molecule has 19 heavy (non-hydrogen) atoms. The molecule has 2 unspecified atom stereocenters. The second-order valence-corrected chi connectivity index (χ2v) is 5.06. The summed E-state index contributed by atoms with van der Waals surface area (Å²) in [4.78, 5) is 0. The number of fused-ring (bicyclic) bond motifs is 1. The van der Waals surface area contributed by atoms with Crippen LogP contribution in [0, 0.1) is 5.82 Å². The maximum atomic E-state index is 13.4. The normalized spacial score (nSPS) is 22.0. The molecule has 0 spiro atoms. The van der Waals surface area contributed by atoms with Gasteiger partial charge in [0, 0.05) is 12.3 Å². The highest BCUT2D eigenvalue weighted by atomic mass is 35.5. The standard InChI is InChI=1S/C16H14ClFO/c17-10-14-9-12-8-13(18)6-7-15(12)16(19-14)11-4-2-1-3-5-11/h1-8,14,16H,9-10H2. The molecule has 0 aromatic heterocycles. The second kappa shape index (κ2) is 5.32. The zero-order valence-corrected chi connectivity index (χ0v) is 11.1. The molecule has 0 saturated carbocycles. The smallest absolute Gasteiger partial charge is 0.123 e. The third-order valence-electron chi connectivity index (χ3n) is 3.44. The van der Waals surface area contributed by atoms with Crippen molar-refractivity contribution in [1.82, 2.24) is 0 Å². The third kappa shape index (κ3) is 2.51. The van der Waals surface area contributed by atoms with Crippen LogP contribution in [0.2, 0.25) is 0 Å². The lowest BCUT2D eigenvalue weighted by Crippen LogP contribution is -2.28. The Balaban J connectivity index is 2.06. The molecule has 0 saturated heterocycles. The summed E-state index contributed by atoms with van der Waals surface area (Å²) in [6.45, 7) is 0. The molecule has 1 heterocycles. The van der Waals surface area contributed by atoms with Crippen molar-refractivity contribution >= 4 is 11.6 Å². The Hall–Kier alpha value is -1.38. The zero-order valence-electron chi connectivity index (χ0n) is 10.4. The molecule has 0 bridgehead atoms. The van der Waals surface area contributed by atoms with Gasteiger partial charge in [-0.2, -0.15) is 0 Å². The summed E-state index contributed by atoms with van der Waals surface area (Å²) in [6.07, 6.45) is 0.440. The van der Waals surface area contributed by atoms with Crippen LogP contribution in [0.1, 0.15) is 22.8 Å². The largest absolute Gasteiger partial charge is 0.364 e. The van der Waals surface area contributed by atoms with Crippen LogP contribution in [-0.4, -0.2) is 12.0 Å². The summed E-state index contributed by atoms with van der Waals surface area (Å²) >= 11 is 5.92. The molecule has 3 rings (SSSR count). The summed E-state index contributed by atoms with van der Waals surface area (Å²) in [5.41, 5.74) is 3.10. The zero-order chi connectivity index (χ0) is 13.2. The molecule has 98 valence electrons. The molecule has 2 aromatic rings. The Bertz CT molecular complexity index is 570. The summed E-state index contributed by atoms with van der Waals surface area (Å²) < 4.78 is 19.4. The highest BCUT2D eigenvalue weighted by molar-refractivity contribution is 6.18. The number of benzene rings is 2. The monoisotopic (exact) mass is 276 g/mol. The Morgan fingerprint density at radius 2 is 1.95 bits per heavy atom. The van der Waals surface area contributed by atoms with Crippen molar-refractivity contribution in [1.29, 1.82) is 0 Å². The van der Waals surface area contributed by atoms with E-state index in [0.29, 0.717) is 12.3 Å². The number of halogens is 2. The van der Waals surface area contributed by atoms with Crippen molar-refractivity contribution in [2.75, 3.05) is 5.88 Å². The van der Waals surface area contributed by atoms with Crippen LogP contribution in [0.5, 0.6) is 0 Å². The molecule has 0 fully saturated rings. The fourth-order valence-electron chi connectivity index (χ4n) is 2.54. The highest BCUT2D eigenvalue weighted by Crippen LogP contribution is 2.35. The lowest BCUT2D eigenvalue weighted by molar-refractivity contribution is 0.00920. The second-order valence-electron chi connectivity index (χ2n) is 4.75. The lowest BCUT2D eigenvalue weighted by atomic mass is 9.91. The SMILES string of the molecule is Fc1ccc2c(c1)CC(CCl)OC2c1ccccc1. The first-order valence-electron chi connectivity index (χ1n) is 6.32. The van der Waals surface area contributed by atoms with Crippen LogP contribution in [-0.2, 0) is 11.2 Å². The van der Waals surface area contributed by atoms with Crippen LogP contribution >= 0.6 is 11.6 Å². The van der Waals surface area contributed by atoms with Crippen molar-refractivity contribution in [2.45, 2.75) is 18.6 Å². The Kier molecular flexibility index (Phi) is 3.54. The minimum Gasteiger partial charge on any atom is -0.364 e. The minimum absolute atomic E-state index is 0.0684. The first-order valence-corrected chi connectivity index (χ1v) is 6.86. The average molecular weight is 277 g/mol. The van der Waals surface area contributed by atoms with Gasteiger partial charge in [-0.1, -0.05) is 36.4 Å². The molecule has 0 N–H and O–H groups in total. The molecule has 0 aliphatic carbocycles. The van der Waals surface area contributed by atoms with Gasteiger partial charge in [-0.05, 0) is 28.8 Å². The van der Waals surface area contributed by atoms with E-state index < -0.39 is 0 Å². The first-order chi connectivity index (χ1) is 9.28. The predicted octanol–water partition coefficient (Wildman–Crippen LogP) is 4.10. The first kappa shape index (κ1) is 12.6. The van der Waals surface area contributed by atoms with Crippen LogP contribution < -0.4 is 0 Å². The van der Waals surface area contributed by atoms with Crippen LogP contribution in [0.3, 0.4) is 0 Å². The van der Waals surface area contributed by atoms with Gasteiger partial charge in [-0.25, -0.2) is 4.39 Å². The van der Waals surface area contributed by atoms with Crippen LogP contribution in [0.25, 0.3) is 0 Å². The predicted molar refractivity (Wildman–Crippen MR) is 74.0 cm³/mol. The van der Waals surface area contributed by atoms with E-state index in [9.17, 15) is 4.39 Å². The topological polar surface area (TPSA) is 9.23 Å². The van der Waals surface area contributed by atoms with E-state index in [1.54, 1.807) is 6.07 Å². The van der Waals surface area contributed by atoms with Gasteiger partial charge >= 0.3 is 0 Å². The van der Waals surface area contributed by atoms with Gasteiger partial charge in [0.2, 0.25) is 0 Å². The van der Waals surface area contributed by atoms with Crippen molar-refractivity contribution in [3.05, 3.63) is 71.0 Å². The van der Waals surface area contributed by atoms with E-state index in [1.807, 2.05) is 36.4 Å². The third-order valence-corrected chi connectivity index (χ3v) is 3.78. The maximum Gasteiger partial charge on any atom is 0.123 e. The van der Waals surface area contributed by atoms with Gasteiger partial charge in [-0.15, -0.1) is 11.6 Å². The maximum absolute atomic E-state index is 13.4. The van der Waals surface area contributed by atoms with Gasteiger partial charge in [0.1, 0.15) is 11.9 Å². The molecule has 3 heteroatoms. The molecule has 1 aliphatic heterocycles. The van der Waals surface area contributed by atoms with Gasteiger partial charge in [0.25, 0.3) is 0 Å². The minimum atomic E-state index is -0.208. The lowest BCUT2D eigenvalue weighted by Gasteiger charge is -2.31. The fourth-order valence-corrected chi connectivity index (χ4v) is 2.72. The number of hydrogen-bond acceptors (Lipinski definition) is 1. The van der Waals surface area contributed by atoms with Crippen LogP contribution in [0.4, 0.5) is 4.39 Å². The molecular weight excluding hydrogens is 263 g/mol. The van der Waals surface area contributed by atoms with E-state index in [4.69, 9.17) is 16.3 Å².